The van der Waals surface area contributed by atoms with E-state index in [1.165, 1.54) is 0 Å². The van der Waals surface area contributed by atoms with Crippen LogP contribution in [-0.4, -0.2) is 85.8 Å². The molecule has 0 bridgehead atoms. The summed E-state index contributed by atoms with van der Waals surface area (Å²) in [4.78, 5) is 52.0. The molecule has 4 aromatic rings. The van der Waals surface area contributed by atoms with Crippen LogP contribution in [0.15, 0.2) is 81.5 Å². The number of carbonyl (C=O) groups excluding carboxylic acids is 2. The number of furan rings is 1. The monoisotopic (exact) mass is 818 g/mol. The number of rotatable bonds is 23. The van der Waals surface area contributed by atoms with E-state index in [1.54, 1.807) is 56.3 Å². The molecule has 3 aromatic carbocycles. The average molecular weight is 819 g/mol. The van der Waals surface area contributed by atoms with Crippen LogP contribution < -0.4 is 20.7 Å². The lowest BCUT2D eigenvalue weighted by molar-refractivity contribution is 0.104. The number of alkyl carbamates (subject to hydrolysis) is 1. The zero-order valence-corrected chi connectivity index (χ0v) is 36.0. The van der Waals surface area contributed by atoms with Gasteiger partial charge in [0.15, 0.2) is 5.78 Å². The van der Waals surface area contributed by atoms with Crippen LogP contribution in [0.5, 0.6) is 5.75 Å². The minimum atomic E-state index is -0.609. The number of nitrogens with zero attached hydrogens (tertiary/aromatic N) is 3. The molecule has 2 unspecified atom stereocenters. The Hall–Kier alpha value is -4.69. The van der Waals surface area contributed by atoms with Crippen molar-refractivity contribution in [2.45, 2.75) is 92.1 Å². The number of carbonyl (C=O) groups is 2. The molecule has 314 valence electrons. The van der Waals surface area contributed by atoms with E-state index in [4.69, 9.17) is 25.5 Å². The molecule has 3 N–H and O–H groups in total. The van der Waals surface area contributed by atoms with Gasteiger partial charge in [0.2, 0.25) is 0 Å². The van der Waals surface area contributed by atoms with E-state index < -0.39 is 34.7 Å². The van der Waals surface area contributed by atoms with Gasteiger partial charge in [0.05, 0.1) is 5.56 Å². The van der Waals surface area contributed by atoms with Gasteiger partial charge in [-0.25, -0.2) is 4.79 Å². The van der Waals surface area contributed by atoms with E-state index in [0.717, 1.165) is 25.2 Å². The summed E-state index contributed by atoms with van der Waals surface area (Å²) in [5.41, 5.74) is 1.03. The summed E-state index contributed by atoms with van der Waals surface area (Å²) in [7, 11) is 0. The molecule has 2 atom stereocenters. The van der Waals surface area contributed by atoms with Gasteiger partial charge in [-0.3, -0.25) is 4.79 Å². The highest BCUT2D eigenvalue weighted by Crippen LogP contribution is 2.37. The minimum Gasteiger partial charge on any atom is -0.492 e. The Labute approximate surface area is 346 Å². The Bertz CT molecular complexity index is 1960. The Morgan fingerprint density at radius 1 is 0.828 bits per heavy atom. The first kappa shape index (κ1) is 46.0. The van der Waals surface area contributed by atoms with Gasteiger partial charge in [-0.15, -0.1) is 0 Å². The maximum Gasteiger partial charge on any atom is 0.407 e. The van der Waals surface area contributed by atoms with Gasteiger partial charge >= 0.3 is 6.09 Å². The first-order chi connectivity index (χ1) is 27.5. The number of halogens is 1. The number of ether oxygens (including phenoxy) is 2. The van der Waals surface area contributed by atoms with Crippen LogP contribution in [0.3, 0.4) is 0 Å². The number of amides is 1. The highest BCUT2D eigenvalue weighted by molar-refractivity contribution is 6.32. The minimum absolute atomic E-state index is 0.00467. The first-order valence-corrected chi connectivity index (χ1v) is 20.2. The van der Waals surface area contributed by atoms with Gasteiger partial charge in [-0.05, 0) is 103 Å². The fourth-order valence-corrected chi connectivity index (χ4v) is 6.22. The van der Waals surface area contributed by atoms with Crippen LogP contribution in [0.2, 0.25) is 5.02 Å². The molecule has 0 aliphatic heterocycles. The Morgan fingerprint density at radius 2 is 1.41 bits per heavy atom. The molecule has 14 heteroatoms. The molecule has 0 saturated carbocycles. The lowest BCUT2D eigenvalue weighted by Crippen LogP contribution is -2.58. The molecule has 1 amide bonds. The number of hydrogen-bond acceptors (Lipinski definition) is 12. The number of nitroso groups, excluding NO2 is 2. The lowest BCUT2D eigenvalue weighted by atomic mass is 9.86. The first-order valence-electron chi connectivity index (χ1n) is 19.8. The lowest BCUT2D eigenvalue weighted by Gasteiger charge is -2.39. The zero-order chi connectivity index (χ0) is 42.7. The Morgan fingerprint density at radius 3 is 1.97 bits per heavy atom. The van der Waals surface area contributed by atoms with Crippen LogP contribution >= 0.6 is 11.6 Å². The smallest absolute Gasteiger partial charge is 0.407 e. The molecule has 0 fully saturated rings. The van der Waals surface area contributed by atoms with Gasteiger partial charge in [-0.2, -0.15) is 9.81 Å². The maximum atomic E-state index is 14.1. The summed E-state index contributed by atoms with van der Waals surface area (Å²) in [5.74, 6) is 0.865. The predicted molar refractivity (Wildman–Crippen MR) is 231 cm³/mol. The maximum absolute atomic E-state index is 14.1. The number of hydrogen-bond donors (Lipinski definition) is 3. The second-order valence-corrected chi connectivity index (χ2v) is 16.8. The summed E-state index contributed by atoms with van der Waals surface area (Å²) in [6.07, 6.45) is -0.609. The summed E-state index contributed by atoms with van der Waals surface area (Å²) in [6.45, 7) is 21.6. The van der Waals surface area contributed by atoms with Crippen LogP contribution in [0.4, 0.5) is 4.79 Å². The van der Waals surface area contributed by atoms with Gasteiger partial charge in [0, 0.05) is 64.2 Å². The molecular formula is C44H59ClN6O7. The fraction of sp³-hybridized carbons (Fsp3) is 0.500. The van der Waals surface area contributed by atoms with Crippen LogP contribution in [0, 0.1) is 15.2 Å². The number of fused-ring (bicyclic) bond motifs is 1. The third kappa shape index (κ3) is 12.2. The molecule has 0 aliphatic carbocycles. The third-order valence-electron chi connectivity index (χ3n) is 11.2. The van der Waals surface area contributed by atoms with E-state index in [0.29, 0.717) is 63.9 Å². The average Bonchev–Trinajstić information content (AvgIpc) is 3.60. The van der Waals surface area contributed by atoms with Crippen molar-refractivity contribution in [2.24, 2.45) is 15.8 Å². The van der Waals surface area contributed by atoms with Crippen LogP contribution in [0.25, 0.3) is 22.3 Å². The predicted octanol–water partition coefficient (Wildman–Crippen LogP) is 8.98. The SMILES string of the molecule is CCN(CC)CCOc1ccc(C(=O)c2c(-c3ccc(COC(=O)NCC(C)(CNC(C)(C)C(C)N=O)CNC(C)(C)C(C)N=O)cc3)oc3ccc(Cl)cc23)cc1. The molecule has 0 saturated heterocycles. The summed E-state index contributed by atoms with van der Waals surface area (Å²) in [5, 5.41) is 17.2. The number of benzene rings is 3. The zero-order valence-electron chi connectivity index (χ0n) is 35.2. The quantitative estimate of drug-likeness (QED) is 0.0486. The molecule has 0 spiro atoms. The largest absolute Gasteiger partial charge is 0.492 e. The second kappa shape index (κ2) is 20.3. The van der Waals surface area contributed by atoms with E-state index in [9.17, 15) is 19.4 Å². The molecule has 1 aromatic heterocycles. The Balaban J connectivity index is 1.45. The molecular weight excluding hydrogens is 760 g/mol. The van der Waals surface area contributed by atoms with Gasteiger partial charge in [0.25, 0.3) is 0 Å². The third-order valence-corrected chi connectivity index (χ3v) is 11.4. The van der Waals surface area contributed by atoms with E-state index in [2.05, 4.69) is 45.1 Å². The van der Waals surface area contributed by atoms with Gasteiger partial charge in [-0.1, -0.05) is 67.0 Å². The topological polar surface area (TPSA) is 164 Å². The van der Waals surface area contributed by atoms with Crippen LogP contribution in [0.1, 0.15) is 83.8 Å². The van der Waals surface area contributed by atoms with Gasteiger partial charge < -0.3 is 34.7 Å². The summed E-state index contributed by atoms with van der Waals surface area (Å²) >= 11 is 6.38. The van der Waals surface area contributed by atoms with Gasteiger partial charge in [0.1, 0.15) is 42.4 Å². The van der Waals surface area contributed by atoms with E-state index in [-0.39, 0.29) is 18.9 Å². The van der Waals surface area contributed by atoms with Crippen molar-refractivity contribution < 1.29 is 23.5 Å². The van der Waals surface area contributed by atoms with E-state index >= 15 is 0 Å². The van der Waals surface area contributed by atoms with Crippen molar-refractivity contribution in [3.8, 4) is 17.1 Å². The van der Waals surface area contributed by atoms with Crippen molar-refractivity contribution in [1.82, 2.24) is 20.9 Å². The molecule has 58 heavy (non-hydrogen) atoms. The van der Waals surface area contributed by atoms with Crippen LogP contribution in [-0.2, 0) is 11.3 Å². The van der Waals surface area contributed by atoms with E-state index in [1.807, 2.05) is 58.9 Å². The van der Waals surface area contributed by atoms with Crippen molar-refractivity contribution in [2.75, 3.05) is 45.9 Å². The molecule has 0 radical (unpaired) electrons. The molecule has 1 heterocycles. The second-order valence-electron chi connectivity index (χ2n) is 16.3. The summed E-state index contributed by atoms with van der Waals surface area (Å²) in [6, 6.07) is 18.6. The van der Waals surface area contributed by atoms with Crippen molar-refractivity contribution in [3.05, 3.63) is 98.3 Å². The number of likely N-dealkylation sites (N-methyl/N-ethyl adjacent to an activating group) is 1. The summed E-state index contributed by atoms with van der Waals surface area (Å²) < 4.78 is 17.8. The number of nitrogens with one attached hydrogen (secondary N) is 3. The highest BCUT2D eigenvalue weighted by atomic mass is 35.5. The molecule has 13 nitrogen and oxygen atoms in total. The normalized spacial score (nSPS) is 14.1. The van der Waals surface area contributed by atoms with Crippen molar-refractivity contribution >= 4 is 34.4 Å². The number of ketones is 1. The van der Waals surface area contributed by atoms with Crippen molar-refractivity contribution in [1.29, 1.82) is 0 Å². The Kier molecular flexibility index (Phi) is 16.1. The van der Waals surface area contributed by atoms with Crippen molar-refractivity contribution in [3.63, 3.8) is 0 Å². The standard InChI is InChI=1S/C44H59ClN6O7/c1-10-51(11-2)22-23-56-35-19-16-32(17-20-35)39(52)38-36-24-34(45)18-21-37(36)58-40(38)33-14-12-31(13-15-33)25-57-41(53)46-26-44(9,27-47-42(5,6)29(3)49-54)28-48-43(7,8)30(4)50-55/h12-21,24,29-30,47-48H,10-11,22-23,25-28H2,1-9H3,(H,46,53). The fourth-order valence-electron chi connectivity index (χ4n) is 6.04. The molecule has 4 rings (SSSR count). The highest BCUT2D eigenvalue weighted by Gasteiger charge is 2.35. The molecule has 0 aliphatic rings.